The Morgan fingerprint density at radius 3 is 2.93 bits per heavy atom. The first kappa shape index (κ1) is 8.92. The fourth-order valence-corrected chi connectivity index (χ4v) is 1.89. The van der Waals surface area contributed by atoms with E-state index in [1.807, 2.05) is 24.3 Å². The lowest BCUT2D eigenvalue weighted by Crippen LogP contribution is -2.23. The number of hydrogen-bond acceptors (Lipinski definition) is 3. The minimum atomic E-state index is -0.228. The summed E-state index contributed by atoms with van der Waals surface area (Å²) in [7, 11) is 0. The first-order valence-corrected chi connectivity index (χ1v) is 5.38. The Morgan fingerprint density at radius 1 is 1.33 bits per heavy atom. The molecule has 78 valence electrons. The molecule has 3 heteroatoms. The van der Waals surface area contributed by atoms with Crippen LogP contribution in [0.3, 0.4) is 0 Å². The molecule has 2 aliphatic rings. The van der Waals surface area contributed by atoms with Gasteiger partial charge in [0.1, 0.15) is 0 Å². The van der Waals surface area contributed by atoms with Gasteiger partial charge in [-0.05, 0) is 24.8 Å². The van der Waals surface area contributed by atoms with E-state index in [2.05, 4.69) is 5.32 Å². The summed E-state index contributed by atoms with van der Waals surface area (Å²) in [6, 6.07) is 7.57. The Bertz CT molecular complexity index is 398. The van der Waals surface area contributed by atoms with Crippen LogP contribution in [0, 0.1) is 5.92 Å². The van der Waals surface area contributed by atoms with Gasteiger partial charge in [-0.2, -0.15) is 0 Å². The maximum atomic E-state index is 11.5. The third kappa shape index (κ3) is 1.63. The number of fused-ring (bicyclic) bond motifs is 1. The van der Waals surface area contributed by atoms with E-state index in [1.165, 1.54) is 12.8 Å². The van der Waals surface area contributed by atoms with Crippen LogP contribution in [0.15, 0.2) is 24.3 Å². The van der Waals surface area contributed by atoms with Crippen LogP contribution in [0.5, 0.6) is 0 Å². The fraction of sp³-hybridized carbons (Fsp3) is 0.417. The molecule has 1 aromatic carbocycles. The Kier molecular flexibility index (Phi) is 1.99. The molecule has 1 N–H and O–H groups in total. The minimum Gasteiger partial charge on any atom is -0.439 e. The highest BCUT2D eigenvalue weighted by Crippen LogP contribution is 2.31. The number of nitrogens with one attached hydrogen (secondary N) is 1. The molecule has 1 saturated carbocycles. The molecule has 0 saturated heterocycles. The van der Waals surface area contributed by atoms with Gasteiger partial charge < -0.3 is 4.74 Å². The highest BCUT2D eigenvalue weighted by Gasteiger charge is 2.31. The van der Waals surface area contributed by atoms with E-state index in [9.17, 15) is 4.79 Å². The topological polar surface area (TPSA) is 38.3 Å². The number of rotatable bonds is 3. The van der Waals surface area contributed by atoms with Crippen molar-refractivity contribution in [3.8, 4) is 0 Å². The van der Waals surface area contributed by atoms with Crippen LogP contribution in [0.1, 0.15) is 35.0 Å². The van der Waals surface area contributed by atoms with E-state index >= 15 is 0 Å². The molecule has 1 heterocycles. The Morgan fingerprint density at radius 2 is 2.13 bits per heavy atom. The van der Waals surface area contributed by atoms with E-state index in [0.29, 0.717) is 5.56 Å². The van der Waals surface area contributed by atoms with Gasteiger partial charge in [-0.3, -0.25) is 5.32 Å². The molecule has 0 amide bonds. The van der Waals surface area contributed by atoms with Crippen LogP contribution >= 0.6 is 0 Å². The lowest BCUT2D eigenvalue weighted by molar-refractivity contribution is 0.0306. The molecule has 0 bridgehead atoms. The van der Waals surface area contributed by atoms with Gasteiger partial charge in [0.05, 0.1) is 5.56 Å². The third-order valence-electron chi connectivity index (χ3n) is 2.98. The zero-order chi connectivity index (χ0) is 10.3. The molecule has 1 aliphatic heterocycles. The second-order valence-electron chi connectivity index (χ2n) is 4.22. The second kappa shape index (κ2) is 3.35. The van der Waals surface area contributed by atoms with Gasteiger partial charge in [0.15, 0.2) is 6.23 Å². The standard InChI is InChI=1S/C12H13NO2/c14-12-10-4-2-1-3-9(10)11(15-12)13-7-8-5-6-8/h1-4,8,11,13H,5-7H2. The van der Waals surface area contributed by atoms with Crippen molar-refractivity contribution in [1.82, 2.24) is 5.32 Å². The summed E-state index contributed by atoms with van der Waals surface area (Å²) in [4.78, 5) is 11.5. The molecule has 3 nitrogen and oxygen atoms in total. The van der Waals surface area contributed by atoms with Gasteiger partial charge >= 0.3 is 5.97 Å². The van der Waals surface area contributed by atoms with Gasteiger partial charge in [0, 0.05) is 12.1 Å². The van der Waals surface area contributed by atoms with Crippen molar-refractivity contribution in [2.75, 3.05) is 6.54 Å². The number of esters is 1. The number of cyclic esters (lactones) is 1. The molecule has 1 fully saturated rings. The van der Waals surface area contributed by atoms with Crippen molar-refractivity contribution in [3.05, 3.63) is 35.4 Å². The average Bonchev–Trinajstić information content (AvgIpc) is 3.03. The number of carbonyl (C=O) groups excluding carboxylic acids is 1. The summed E-state index contributed by atoms with van der Waals surface area (Å²) < 4.78 is 5.26. The minimum absolute atomic E-state index is 0.209. The van der Waals surface area contributed by atoms with Crippen LogP contribution in [-0.2, 0) is 4.74 Å². The van der Waals surface area contributed by atoms with Crippen molar-refractivity contribution in [2.24, 2.45) is 5.92 Å². The largest absolute Gasteiger partial charge is 0.439 e. The molecule has 0 aromatic heterocycles. The zero-order valence-electron chi connectivity index (χ0n) is 8.40. The highest BCUT2D eigenvalue weighted by atomic mass is 16.6. The van der Waals surface area contributed by atoms with E-state index < -0.39 is 0 Å². The van der Waals surface area contributed by atoms with Crippen LogP contribution in [0.2, 0.25) is 0 Å². The smallest absolute Gasteiger partial charge is 0.340 e. The predicted octanol–water partition coefficient (Wildman–Crippen LogP) is 1.86. The maximum absolute atomic E-state index is 11.5. The first-order chi connectivity index (χ1) is 7.34. The Balaban J connectivity index is 1.77. The van der Waals surface area contributed by atoms with Crippen molar-refractivity contribution in [3.63, 3.8) is 0 Å². The van der Waals surface area contributed by atoms with Crippen LogP contribution in [0.25, 0.3) is 0 Å². The number of ether oxygens (including phenoxy) is 1. The molecule has 1 aliphatic carbocycles. The molecule has 1 unspecified atom stereocenters. The molecule has 0 spiro atoms. The van der Waals surface area contributed by atoms with E-state index in [-0.39, 0.29) is 12.2 Å². The average molecular weight is 203 g/mol. The predicted molar refractivity (Wildman–Crippen MR) is 55.3 cm³/mol. The van der Waals surface area contributed by atoms with E-state index in [1.54, 1.807) is 0 Å². The lowest BCUT2D eigenvalue weighted by Gasteiger charge is -2.11. The zero-order valence-corrected chi connectivity index (χ0v) is 8.40. The maximum Gasteiger partial charge on any atom is 0.340 e. The van der Waals surface area contributed by atoms with Crippen molar-refractivity contribution in [2.45, 2.75) is 19.1 Å². The van der Waals surface area contributed by atoms with Crippen LogP contribution < -0.4 is 5.32 Å². The molecule has 15 heavy (non-hydrogen) atoms. The first-order valence-electron chi connectivity index (χ1n) is 5.38. The van der Waals surface area contributed by atoms with Crippen LogP contribution in [-0.4, -0.2) is 12.5 Å². The van der Waals surface area contributed by atoms with Crippen molar-refractivity contribution < 1.29 is 9.53 Å². The Hall–Kier alpha value is -1.35. The quantitative estimate of drug-likeness (QED) is 0.762. The molecular formula is C12H13NO2. The number of hydrogen-bond donors (Lipinski definition) is 1. The van der Waals surface area contributed by atoms with Gasteiger partial charge in [0.2, 0.25) is 0 Å². The summed E-state index contributed by atoms with van der Waals surface area (Å²) in [5.41, 5.74) is 1.67. The molecular weight excluding hydrogens is 190 g/mol. The molecule has 3 rings (SSSR count). The van der Waals surface area contributed by atoms with Crippen molar-refractivity contribution >= 4 is 5.97 Å². The monoisotopic (exact) mass is 203 g/mol. The second-order valence-corrected chi connectivity index (χ2v) is 4.22. The fourth-order valence-electron chi connectivity index (χ4n) is 1.89. The molecule has 1 aromatic rings. The van der Waals surface area contributed by atoms with Gasteiger partial charge in [-0.1, -0.05) is 18.2 Å². The number of benzene rings is 1. The SMILES string of the molecule is O=C1OC(NCC2CC2)c2ccccc21. The normalized spacial score (nSPS) is 23.7. The van der Waals surface area contributed by atoms with Crippen LogP contribution in [0.4, 0.5) is 0 Å². The lowest BCUT2D eigenvalue weighted by atomic mass is 10.1. The summed E-state index contributed by atoms with van der Waals surface area (Å²) in [6.07, 6.45) is 2.37. The number of carbonyl (C=O) groups is 1. The Labute approximate surface area is 88.4 Å². The summed E-state index contributed by atoms with van der Waals surface area (Å²) in [6.45, 7) is 0.951. The molecule has 0 radical (unpaired) electrons. The van der Waals surface area contributed by atoms with Gasteiger partial charge in [-0.15, -0.1) is 0 Å². The highest BCUT2D eigenvalue weighted by molar-refractivity contribution is 5.93. The summed E-state index contributed by atoms with van der Waals surface area (Å²) in [5.74, 6) is 0.579. The van der Waals surface area contributed by atoms with Gasteiger partial charge in [-0.25, -0.2) is 4.79 Å². The van der Waals surface area contributed by atoms with Gasteiger partial charge in [0.25, 0.3) is 0 Å². The summed E-state index contributed by atoms with van der Waals surface area (Å²) in [5, 5.41) is 3.29. The van der Waals surface area contributed by atoms with E-state index in [4.69, 9.17) is 4.74 Å². The van der Waals surface area contributed by atoms with E-state index in [0.717, 1.165) is 18.0 Å². The van der Waals surface area contributed by atoms with Crippen molar-refractivity contribution in [1.29, 1.82) is 0 Å². The third-order valence-corrected chi connectivity index (χ3v) is 2.98. The molecule has 1 atom stereocenters. The summed E-state index contributed by atoms with van der Waals surface area (Å²) >= 11 is 0.